The van der Waals surface area contributed by atoms with Gasteiger partial charge in [-0.1, -0.05) is 339 Å². The van der Waals surface area contributed by atoms with Gasteiger partial charge in [-0.05, 0) is 83.5 Å². The number of hydrogen-bond donors (Lipinski definition) is 4. The Bertz CT molecular complexity index is 1240. The molecule has 454 valence electrons. The smallest absolute Gasteiger partial charge is 0.220 e. The van der Waals surface area contributed by atoms with Crippen LogP contribution in [0.2, 0.25) is 0 Å². The lowest BCUT2D eigenvalue weighted by molar-refractivity contribution is -0.124. The number of aliphatic hydroxyl groups excluding tert-OH is 3. The summed E-state index contributed by atoms with van der Waals surface area (Å²) in [6.45, 7) is 4.21. The lowest BCUT2D eigenvalue weighted by Crippen LogP contribution is -2.50. The van der Waals surface area contributed by atoms with Crippen LogP contribution in [0, 0.1) is 0 Å². The van der Waals surface area contributed by atoms with Crippen molar-refractivity contribution in [3.8, 4) is 0 Å². The SMILES string of the molecule is CCCCCCCCCCCCCCCCC/C=C\C/C=C\CCCCCCCCCCCCCCCCCCCC(=O)NC(CO)C(O)C(O)CCC/C=C/CC/C=C/CCCCCCCCCCCCCCCCC. The molecule has 0 fully saturated rings. The Morgan fingerprint density at radius 2 is 0.571 bits per heavy atom. The Morgan fingerprint density at radius 1 is 0.325 bits per heavy atom. The van der Waals surface area contributed by atoms with Crippen molar-refractivity contribution >= 4 is 5.91 Å². The van der Waals surface area contributed by atoms with Crippen molar-refractivity contribution in [1.82, 2.24) is 5.32 Å². The van der Waals surface area contributed by atoms with Crippen LogP contribution < -0.4 is 5.32 Å². The molecular formula is C72H137NO4. The van der Waals surface area contributed by atoms with E-state index in [9.17, 15) is 20.1 Å². The molecule has 0 aliphatic rings. The van der Waals surface area contributed by atoms with E-state index in [0.717, 1.165) is 51.4 Å². The van der Waals surface area contributed by atoms with Crippen LogP contribution in [0.5, 0.6) is 0 Å². The first-order valence-electron chi connectivity index (χ1n) is 34.9. The Hall–Kier alpha value is -1.69. The van der Waals surface area contributed by atoms with Crippen molar-refractivity contribution in [2.24, 2.45) is 0 Å². The number of unbranched alkanes of at least 4 members (excludes halogenated alkanes) is 49. The highest BCUT2D eigenvalue weighted by Gasteiger charge is 2.26. The van der Waals surface area contributed by atoms with Gasteiger partial charge in [-0.25, -0.2) is 0 Å². The van der Waals surface area contributed by atoms with Gasteiger partial charge in [0.05, 0.1) is 18.8 Å². The maximum absolute atomic E-state index is 12.6. The lowest BCUT2D eigenvalue weighted by Gasteiger charge is -2.26. The number of amides is 1. The molecule has 0 aliphatic carbocycles. The van der Waals surface area contributed by atoms with E-state index < -0.39 is 18.2 Å². The minimum atomic E-state index is -1.17. The monoisotopic (exact) mass is 1080 g/mol. The average molecular weight is 1080 g/mol. The van der Waals surface area contributed by atoms with Gasteiger partial charge in [-0.2, -0.15) is 0 Å². The summed E-state index contributed by atoms with van der Waals surface area (Å²) in [7, 11) is 0. The second-order valence-electron chi connectivity index (χ2n) is 24.1. The van der Waals surface area contributed by atoms with Gasteiger partial charge < -0.3 is 20.6 Å². The third-order valence-electron chi connectivity index (χ3n) is 16.4. The van der Waals surface area contributed by atoms with Gasteiger partial charge in [-0.15, -0.1) is 0 Å². The second-order valence-corrected chi connectivity index (χ2v) is 24.1. The predicted molar refractivity (Wildman–Crippen MR) is 342 cm³/mol. The molecule has 5 nitrogen and oxygen atoms in total. The molecule has 0 aromatic heterocycles. The zero-order valence-corrected chi connectivity index (χ0v) is 52.1. The largest absolute Gasteiger partial charge is 0.394 e. The Kier molecular flexibility index (Phi) is 65.4. The number of aliphatic hydroxyl groups is 3. The van der Waals surface area contributed by atoms with E-state index in [-0.39, 0.29) is 12.5 Å². The summed E-state index contributed by atoms with van der Waals surface area (Å²) in [4.78, 5) is 12.6. The zero-order chi connectivity index (χ0) is 55.7. The van der Waals surface area contributed by atoms with Crippen LogP contribution >= 0.6 is 0 Å². The minimum Gasteiger partial charge on any atom is -0.394 e. The van der Waals surface area contributed by atoms with Crippen molar-refractivity contribution in [3.05, 3.63) is 48.6 Å². The summed E-state index contributed by atoms with van der Waals surface area (Å²) in [5.41, 5.74) is 0. The van der Waals surface area contributed by atoms with Gasteiger partial charge in [0.2, 0.25) is 5.91 Å². The van der Waals surface area contributed by atoms with Crippen molar-refractivity contribution in [2.45, 2.75) is 398 Å². The number of carbonyl (C=O) groups is 1. The molecule has 5 heteroatoms. The Morgan fingerprint density at radius 3 is 0.870 bits per heavy atom. The molecule has 0 aliphatic heterocycles. The van der Waals surface area contributed by atoms with Gasteiger partial charge in [-0.3, -0.25) is 4.79 Å². The third-order valence-corrected chi connectivity index (χ3v) is 16.4. The van der Waals surface area contributed by atoms with E-state index in [4.69, 9.17) is 0 Å². The summed E-state index contributed by atoms with van der Waals surface area (Å²) < 4.78 is 0. The van der Waals surface area contributed by atoms with Crippen LogP contribution in [-0.4, -0.2) is 46.1 Å². The molecule has 77 heavy (non-hydrogen) atoms. The topological polar surface area (TPSA) is 89.8 Å². The maximum Gasteiger partial charge on any atom is 0.220 e. The highest BCUT2D eigenvalue weighted by Crippen LogP contribution is 2.19. The second kappa shape index (κ2) is 66.8. The van der Waals surface area contributed by atoms with Crippen LogP contribution in [0.15, 0.2) is 48.6 Å². The summed E-state index contributed by atoms with van der Waals surface area (Å²) in [5, 5.41) is 33.9. The average Bonchev–Trinajstić information content (AvgIpc) is 3.43. The number of hydrogen-bond acceptors (Lipinski definition) is 4. The fraction of sp³-hybridized carbons (Fsp3) is 0.875. The predicted octanol–water partition coefficient (Wildman–Crippen LogP) is 22.7. The summed E-state index contributed by atoms with van der Waals surface area (Å²) in [6.07, 6.45) is 90.5. The van der Waals surface area contributed by atoms with Gasteiger partial charge in [0.25, 0.3) is 0 Å². The maximum atomic E-state index is 12.6. The van der Waals surface area contributed by atoms with Gasteiger partial charge in [0.15, 0.2) is 0 Å². The molecular weight excluding hydrogens is 943 g/mol. The molecule has 0 aromatic carbocycles. The molecule has 3 atom stereocenters. The number of carbonyl (C=O) groups excluding carboxylic acids is 1. The quantitative estimate of drug-likeness (QED) is 0.0361. The van der Waals surface area contributed by atoms with Crippen LogP contribution in [0.3, 0.4) is 0 Å². The van der Waals surface area contributed by atoms with E-state index in [1.54, 1.807) is 0 Å². The van der Waals surface area contributed by atoms with Crippen LogP contribution in [0.1, 0.15) is 380 Å². The summed E-state index contributed by atoms with van der Waals surface area (Å²) in [5.74, 6) is -0.153. The van der Waals surface area contributed by atoms with E-state index >= 15 is 0 Å². The van der Waals surface area contributed by atoms with Gasteiger partial charge >= 0.3 is 0 Å². The number of nitrogens with one attached hydrogen (secondary N) is 1. The van der Waals surface area contributed by atoms with Crippen molar-refractivity contribution in [1.29, 1.82) is 0 Å². The van der Waals surface area contributed by atoms with Crippen molar-refractivity contribution < 1.29 is 20.1 Å². The number of allylic oxidation sites excluding steroid dienone is 8. The zero-order valence-electron chi connectivity index (χ0n) is 52.1. The minimum absolute atomic E-state index is 0.153. The molecule has 0 saturated heterocycles. The summed E-state index contributed by atoms with van der Waals surface area (Å²) >= 11 is 0. The van der Waals surface area contributed by atoms with Gasteiger partial charge in [0, 0.05) is 6.42 Å². The molecule has 0 heterocycles. The van der Waals surface area contributed by atoms with E-state index in [1.165, 1.54) is 302 Å². The normalized spacial score (nSPS) is 13.4. The van der Waals surface area contributed by atoms with Crippen LogP contribution in [0.4, 0.5) is 0 Å². The van der Waals surface area contributed by atoms with E-state index in [2.05, 4.69) is 67.8 Å². The van der Waals surface area contributed by atoms with Crippen molar-refractivity contribution in [2.75, 3.05) is 6.61 Å². The molecule has 0 bridgehead atoms. The first kappa shape index (κ1) is 75.3. The third kappa shape index (κ3) is 61.8. The highest BCUT2D eigenvalue weighted by molar-refractivity contribution is 5.76. The first-order valence-corrected chi connectivity index (χ1v) is 34.9. The molecule has 0 rings (SSSR count). The van der Waals surface area contributed by atoms with Crippen molar-refractivity contribution in [3.63, 3.8) is 0 Å². The first-order chi connectivity index (χ1) is 38.1. The van der Waals surface area contributed by atoms with Gasteiger partial charge in [0.1, 0.15) is 6.10 Å². The standard InChI is InChI=1S/C72H137NO4/c1-3-5-7-9-11-13-15-17-19-21-23-25-27-29-30-31-32-33-34-35-36-37-38-39-40-41-42-43-45-47-49-51-53-55-57-59-61-63-65-67-71(76)73-69(68-74)72(77)70(75)66-64-62-60-58-56-54-52-50-48-46-44-28-26-24-22-20-18-16-14-12-10-8-6-4-2/h32-33,35-36,50,52,58,60,69-70,72,74-75,77H,3-31,34,37-49,51,53-57,59,61-68H2,1-2H3,(H,73,76)/b33-32-,36-35-,52-50+,60-58+. The molecule has 0 aromatic rings. The van der Waals surface area contributed by atoms with E-state index in [1.807, 2.05) is 0 Å². The van der Waals surface area contributed by atoms with Crippen LogP contribution in [0.25, 0.3) is 0 Å². The fourth-order valence-corrected chi connectivity index (χ4v) is 11.0. The Labute approximate surface area is 482 Å². The van der Waals surface area contributed by atoms with Crippen LogP contribution in [-0.2, 0) is 4.79 Å². The fourth-order valence-electron chi connectivity index (χ4n) is 11.0. The molecule has 1 amide bonds. The molecule has 0 radical (unpaired) electrons. The Balaban J connectivity index is 3.51. The van der Waals surface area contributed by atoms with E-state index in [0.29, 0.717) is 12.8 Å². The molecule has 0 saturated carbocycles. The molecule has 0 spiro atoms. The number of rotatable bonds is 65. The molecule has 3 unspecified atom stereocenters. The highest BCUT2D eigenvalue weighted by atomic mass is 16.3. The summed E-state index contributed by atoms with van der Waals surface area (Å²) in [6, 6.07) is -0.835. The lowest BCUT2D eigenvalue weighted by atomic mass is 10.0. The molecule has 4 N–H and O–H groups in total.